The number of hydrogen-bond acceptors (Lipinski definition) is 6. The summed E-state index contributed by atoms with van der Waals surface area (Å²) in [6.07, 6.45) is 18.9. The third-order valence-electron chi connectivity index (χ3n) is 11.3. The Labute approximate surface area is 253 Å². The Morgan fingerprint density at radius 2 is 1.67 bits per heavy atom. The molecule has 0 heterocycles. The summed E-state index contributed by atoms with van der Waals surface area (Å²) in [5, 5.41) is 34.3. The summed E-state index contributed by atoms with van der Waals surface area (Å²) in [6.45, 7) is 9.87. The fraction of sp³-hybridized carbons (Fsp3) is 0.778. The maximum Gasteiger partial charge on any atom is 0.306 e. The van der Waals surface area contributed by atoms with Gasteiger partial charge in [0.05, 0.1) is 12.0 Å². The zero-order valence-electron chi connectivity index (χ0n) is 26.7. The minimum Gasteiger partial charge on any atom is -0.455 e. The molecule has 0 aliphatic heterocycles. The second kappa shape index (κ2) is 13.5. The van der Waals surface area contributed by atoms with Crippen molar-refractivity contribution in [3.8, 4) is 0 Å². The highest BCUT2D eigenvalue weighted by Crippen LogP contribution is 2.71. The first-order valence-electron chi connectivity index (χ1n) is 16.8. The monoisotopic (exact) mass is 584 g/mol. The van der Waals surface area contributed by atoms with Crippen LogP contribution < -0.4 is 0 Å². The Kier molecular flexibility index (Phi) is 10.6. The number of allylic oxidation sites excluding steroid dienone is 3. The third-order valence-corrected chi connectivity index (χ3v) is 11.3. The van der Waals surface area contributed by atoms with Crippen molar-refractivity contribution in [3.63, 3.8) is 0 Å². The zero-order valence-corrected chi connectivity index (χ0v) is 26.7. The molecule has 3 N–H and O–H groups in total. The number of aliphatic hydroxyl groups is 3. The van der Waals surface area contributed by atoms with Crippen LogP contribution in [0.5, 0.6) is 0 Å². The van der Waals surface area contributed by atoms with Crippen LogP contribution in [0.2, 0.25) is 0 Å². The van der Waals surface area contributed by atoms with Crippen molar-refractivity contribution >= 4 is 11.8 Å². The number of rotatable bonds is 15. The average molecular weight is 585 g/mol. The van der Waals surface area contributed by atoms with Crippen LogP contribution in [-0.2, 0) is 14.3 Å². The topological polar surface area (TPSA) is 104 Å². The minimum absolute atomic E-state index is 0.0194. The van der Waals surface area contributed by atoms with Gasteiger partial charge in [-0.2, -0.15) is 0 Å². The molecule has 0 saturated heterocycles. The first-order chi connectivity index (χ1) is 20.0. The van der Waals surface area contributed by atoms with E-state index < -0.39 is 41.7 Å². The number of unbranched alkanes of at least 4 members (excludes halogenated alkanes) is 9. The van der Waals surface area contributed by atoms with E-state index >= 15 is 0 Å². The molecule has 6 nitrogen and oxygen atoms in total. The van der Waals surface area contributed by atoms with Crippen molar-refractivity contribution in [1.29, 1.82) is 0 Å². The van der Waals surface area contributed by atoms with Gasteiger partial charge in [0.15, 0.2) is 17.5 Å². The van der Waals surface area contributed by atoms with Crippen LogP contribution in [0.1, 0.15) is 118 Å². The SMILES string of the molecule is CCCCCC/C=C\CCCCCCCC(=O)O[C@H]1C(C)=CC23C(=O)[C@@H](C=C(CO)[C@@H](O)[C@]12O)[C@H]1[C@@H](C[C@H]3C)C1(C)C. The lowest BCUT2D eigenvalue weighted by Gasteiger charge is -2.48. The van der Waals surface area contributed by atoms with Gasteiger partial charge in [-0.05, 0) is 79.8 Å². The summed E-state index contributed by atoms with van der Waals surface area (Å²) >= 11 is 0. The number of carbonyl (C=O) groups excluding carboxylic acids is 2. The largest absolute Gasteiger partial charge is 0.455 e. The summed E-state index contributed by atoms with van der Waals surface area (Å²) < 4.78 is 5.94. The first kappa shape index (κ1) is 33.1. The molecule has 4 aliphatic carbocycles. The van der Waals surface area contributed by atoms with Crippen molar-refractivity contribution in [1.82, 2.24) is 0 Å². The predicted octanol–water partition coefficient (Wildman–Crippen LogP) is 6.62. The number of carbonyl (C=O) groups is 2. The van der Waals surface area contributed by atoms with Crippen LogP contribution in [0.4, 0.5) is 0 Å². The number of fused-ring (bicyclic) bond motifs is 3. The summed E-state index contributed by atoms with van der Waals surface area (Å²) in [4.78, 5) is 27.4. The fourth-order valence-corrected chi connectivity index (χ4v) is 8.77. The van der Waals surface area contributed by atoms with Crippen molar-refractivity contribution in [2.45, 2.75) is 136 Å². The molecule has 0 radical (unpaired) electrons. The lowest BCUT2D eigenvalue weighted by atomic mass is 9.59. The number of aliphatic hydroxyl groups excluding tert-OH is 2. The molecule has 8 atom stereocenters. The molecule has 0 aromatic heterocycles. The number of esters is 1. The van der Waals surface area contributed by atoms with Gasteiger partial charge in [-0.15, -0.1) is 0 Å². The summed E-state index contributed by atoms with van der Waals surface area (Å²) in [5.41, 5.74) is -2.63. The first-order valence-corrected chi connectivity index (χ1v) is 16.8. The van der Waals surface area contributed by atoms with Crippen LogP contribution in [-0.4, -0.2) is 51.5 Å². The Morgan fingerprint density at radius 3 is 2.31 bits per heavy atom. The molecular weight excluding hydrogens is 528 g/mol. The van der Waals surface area contributed by atoms with Crippen molar-refractivity contribution in [2.24, 2.45) is 34.5 Å². The number of ether oxygens (including phenoxy) is 1. The van der Waals surface area contributed by atoms with Gasteiger partial charge < -0.3 is 20.1 Å². The van der Waals surface area contributed by atoms with Gasteiger partial charge in [0, 0.05) is 12.3 Å². The molecule has 4 aliphatic rings. The van der Waals surface area contributed by atoms with E-state index in [1.807, 2.05) is 6.92 Å². The Bertz CT molecular complexity index is 1070. The highest BCUT2D eigenvalue weighted by Gasteiger charge is 2.76. The van der Waals surface area contributed by atoms with E-state index in [2.05, 4.69) is 32.9 Å². The van der Waals surface area contributed by atoms with Gasteiger partial charge in [-0.25, -0.2) is 0 Å². The van der Waals surface area contributed by atoms with Crippen LogP contribution in [0, 0.1) is 34.5 Å². The molecule has 2 bridgehead atoms. The van der Waals surface area contributed by atoms with Crippen molar-refractivity contribution in [2.75, 3.05) is 6.61 Å². The van der Waals surface area contributed by atoms with Crippen molar-refractivity contribution in [3.05, 3.63) is 35.5 Å². The van der Waals surface area contributed by atoms with E-state index in [1.165, 1.54) is 32.1 Å². The second-order valence-corrected chi connectivity index (χ2v) is 14.4. The van der Waals surface area contributed by atoms with E-state index in [-0.39, 0.29) is 35.0 Å². The van der Waals surface area contributed by atoms with E-state index in [9.17, 15) is 24.9 Å². The number of hydrogen-bond donors (Lipinski definition) is 3. The highest BCUT2D eigenvalue weighted by molar-refractivity contribution is 5.95. The molecule has 4 rings (SSSR count). The van der Waals surface area contributed by atoms with Crippen LogP contribution in [0.3, 0.4) is 0 Å². The molecular formula is C36H56O6. The van der Waals surface area contributed by atoms with Crippen LogP contribution >= 0.6 is 0 Å². The molecule has 2 fully saturated rings. The Balaban J connectivity index is 1.34. The maximum absolute atomic E-state index is 14.4. The summed E-state index contributed by atoms with van der Waals surface area (Å²) in [6, 6.07) is 0. The molecule has 1 unspecified atom stereocenters. The van der Waals surface area contributed by atoms with Crippen molar-refractivity contribution < 1.29 is 29.6 Å². The van der Waals surface area contributed by atoms with E-state index in [0.717, 1.165) is 38.5 Å². The van der Waals surface area contributed by atoms with Gasteiger partial charge in [-0.1, -0.05) is 90.5 Å². The smallest absolute Gasteiger partial charge is 0.306 e. The molecule has 2 saturated carbocycles. The summed E-state index contributed by atoms with van der Waals surface area (Å²) in [5.74, 6) is -0.888. The average Bonchev–Trinajstić information content (AvgIpc) is 3.44. The van der Waals surface area contributed by atoms with Gasteiger partial charge in [0.2, 0.25) is 0 Å². The minimum atomic E-state index is -2.06. The molecule has 0 amide bonds. The van der Waals surface area contributed by atoms with E-state index in [4.69, 9.17) is 4.74 Å². The molecule has 0 aromatic rings. The lowest BCUT2D eigenvalue weighted by molar-refractivity contribution is -0.203. The Hall–Kier alpha value is -1.76. The standard InChI is InChI=1S/C36H56O6/c1-6-7-8-9-10-11-12-13-14-15-16-17-18-19-29(38)42-33-24(2)22-35-25(3)20-28-30(34(28,4)5)27(32(35)40)21-26(23-37)31(39)36(33,35)41/h11-12,21-22,25,27-28,30-31,33,37,39,41H,6-10,13-20,23H2,1-5H3/b12-11-/t25-,27+,28-,30+,31-,33+,35?,36+/m1/s1. The van der Waals surface area contributed by atoms with E-state index in [0.29, 0.717) is 17.9 Å². The predicted molar refractivity (Wildman–Crippen MR) is 165 cm³/mol. The maximum atomic E-state index is 14.4. The third kappa shape index (κ3) is 5.85. The van der Waals surface area contributed by atoms with Crippen LogP contribution in [0.15, 0.2) is 35.5 Å². The second-order valence-electron chi connectivity index (χ2n) is 14.4. The Morgan fingerprint density at radius 1 is 1.05 bits per heavy atom. The zero-order chi connectivity index (χ0) is 30.7. The number of ketones is 1. The van der Waals surface area contributed by atoms with Gasteiger partial charge >= 0.3 is 5.97 Å². The highest BCUT2D eigenvalue weighted by atomic mass is 16.6. The summed E-state index contributed by atoms with van der Waals surface area (Å²) in [7, 11) is 0. The number of Topliss-reactive ketones (excluding diaryl/α,β-unsaturated/α-hetero) is 1. The molecule has 1 spiro atoms. The van der Waals surface area contributed by atoms with E-state index in [1.54, 1.807) is 19.1 Å². The quantitative estimate of drug-likeness (QED) is 0.113. The molecule has 0 aromatic carbocycles. The molecule has 42 heavy (non-hydrogen) atoms. The van der Waals surface area contributed by atoms with Gasteiger partial charge in [0.25, 0.3) is 0 Å². The molecule has 6 heteroatoms. The van der Waals surface area contributed by atoms with Gasteiger partial charge in [-0.3, -0.25) is 9.59 Å². The normalized spacial score (nSPS) is 36.5. The van der Waals surface area contributed by atoms with Gasteiger partial charge in [0.1, 0.15) is 6.10 Å². The molecule has 236 valence electrons. The fourth-order valence-electron chi connectivity index (χ4n) is 8.77. The lowest BCUT2D eigenvalue weighted by Crippen LogP contribution is -2.65. The van der Waals surface area contributed by atoms with Crippen LogP contribution in [0.25, 0.3) is 0 Å².